The fraction of sp³-hybridized carbons (Fsp3) is 0.423. The molecule has 3 N–H and O–H groups in total. The summed E-state index contributed by atoms with van der Waals surface area (Å²) < 4.78 is 22.2. The first kappa shape index (κ1) is 48.9. The summed E-state index contributed by atoms with van der Waals surface area (Å²) in [7, 11) is 3.18. The fourth-order valence-electron chi connectivity index (χ4n) is 9.16. The van der Waals surface area contributed by atoms with Crippen LogP contribution >= 0.6 is 0 Å². The molecule has 70 heavy (non-hydrogen) atoms. The molecule has 370 valence electrons. The third kappa shape index (κ3) is 13.0. The van der Waals surface area contributed by atoms with Gasteiger partial charge in [-0.1, -0.05) is 12.1 Å². The number of anilines is 2. The number of carbonyl (C=O) groups is 2. The van der Waals surface area contributed by atoms with Gasteiger partial charge in [0.05, 0.1) is 26.6 Å². The first-order chi connectivity index (χ1) is 34.1. The van der Waals surface area contributed by atoms with Gasteiger partial charge in [-0.2, -0.15) is 0 Å². The van der Waals surface area contributed by atoms with Crippen molar-refractivity contribution in [3.63, 3.8) is 0 Å². The van der Waals surface area contributed by atoms with Crippen LogP contribution in [-0.4, -0.2) is 111 Å². The molecular formula is C52H66N12O6. The lowest BCUT2D eigenvalue weighted by molar-refractivity contribution is 0.0926. The average Bonchev–Trinajstić information content (AvgIpc) is 3.40. The Labute approximate surface area is 411 Å². The summed E-state index contributed by atoms with van der Waals surface area (Å²) in [6.07, 6.45) is 18.4. The molecule has 2 aliphatic heterocycles. The van der Waals surface area contributed by atoms with Crippen LogP contribution in [0, 0.1) is 13.8 Å². The second-order valence-electron chi connectivity index (χ2n) is 17.9. The highest BCUT2D eigenvalue weighted by atomic mass is 16.5. The minimum atomic E-state index is -0.567. The average molecular weight is 955 g/mol. The predicted molar refractivity (Wildman–Crippen MR) is 268 cm³/mol. The molecule has 0 unspecified atom stereocenters. The highest BCUT2D eigenvalue weighted by Gasteiger charge is 2.27. The monoisotopic (exact) mass is 955 g/mol. The number of primary amides is 1. The van der Waals surface area contributed by atoms with Gasteiger partial charge < -0.3 is 39.8 Å². The van der Waals surface area contributed by atoms with Crippen molar-refractivity contribution in [1.82, 2.24) is 45.6 Å². The number of pyridine rings is 4. The topological polar surface area (TPSA) is 219 Å². The van der Waals surface area contributed by atoms with Gasteiger partial charge in [-0.3, -0.25) is 19.6 Å². The maximum atomic E-state index is 12.8. The minimum absolute atomic E-state index is 0. The molecule has 2 aliphatic carbocycles. The molecule has 1 atom stereocenters. The number of piperidine rings is 2. The third-order valence-electron chi connectivity index (χ3n) is 12.9. The SMILES string of the molecule is COc1ccc(OC2CCN(c3nnc(C(=O)N[C@@H]4CCc5ncccc5C4)cc3C)CC2)cn1.COc1ccc(OC2CCN(c3nnc(C(N)=O)cc3C)CC2)cn1.[HH].[HH].c1cnc2c(c1)CCCC2. The Morgan fingerprint density at radius 1 is 0.629 bits per heavy atom. The summed E-state index contributed by atoms with van der Waals surface area (Å²) in [5.41, 5.74) is 12.7. The van der Waals surface area contributed by atoms with Crippen LogP contribution in [0.4, 0.5) is 11.6 Å². The third-order valence-corrected chi connectivity index (χ3v) is 12.9. The van der Waals surface area contributed by atoms with E-state index in [1.165, 1.54) is 42.5 Å². The second kappa shape index (κ2) is 23.7. The summed E-state index contributed by atoms with van der Waals surface area (Å²) in [5.74, 6) is 3.48. The molecule has 6 aromatic rings. The van der Waals surface area contributed by atoms with Crippen molar-refractivity contribution in [3.05, 3.63) is 130 Å². The Hall–Kier alpha value is -7.50. The van der Waals surface area contributed by atoms with Crippen LogP contribution in [0.3, 0.4) is 0 Å². The molecule has 4 aliphatic rings. The Morgan fingerprint density at radius 2 is 1.14 bits per heavy atom. The lowest BCUT2D eigenvalue weighted by Gasteiger charge is -2.33. The van der Waals surface area contributed by atoms with E-state index in [1.807, 2.05) is 56.6 Å². The van der Waals surface area contributed by atoms with Crippen molar-refractivity contribution >= 4 is 23.5 Å². The number of carbonyl (C=O) groups excluding carboxylic acids is 2. The predicted octanol–water partition coefficient (Wildman–Crippen LogP) is 6.71. The number of methoxy groups -OCH3 is 2. The lowest BCUT2D eigenvalue weighted by Crippen LogP contribution is -2.40. The standard InChI is InChI=1S/C26H30N6O3.C17H21N5O3.C9H11N.2H2/c1-17-14-23(26(33)29-19-5-7-22-18(15-19)4-3-11-27-22)30-31-25(17)32-12-9-20(10-13-32)35-21-6-8-24(34-2)28-16-21;1-11-9-14(16(18)23)20-21-17(11)22-7-5-12(6-8-22)25-13-3-4-15(24-2)19-10-13;1-2-6-9-8(4-1)5-3-7-10-9;;/h3-4,6,8,11,14,16,19-20H,5,7,9-10,12-13,15H2,1-2H3,(H,29,33);3-4,9-10,12H,5-8H2,1-2H3,(H2,18,23);3,5,7H,1-2,4,6H2;2*1H/t19-;;;;/m1..../s1. The zero-order valence-corrected chi connectivity index (χ0v) is 40.4. The van der Waals surface area contributed by atoms with Crippen LogP contribution < -0.4 is 39.8 Å². The maximum Gasteiger partial charge on any atom is 0.272 e. The van der Waals surface area contributed by atoms with Crippen LogP contribution in [-0.2, 0) is 25.7 Å². The molecule has 2 amide bonds. The molecule has 2 fully saturated rings. The fourth-order valence-corrected chi connectivity index (χ4v) is 9.16. The van der Waals surface area contributed by atoms with Crippen molar-refractivity contribution in [2.75, 3.05) is 50.2 Å². The Morgan fingerprint density at radius 3 is 1.64 bits per heavy atom. The number of rotatable bonds is 11. The van der Waals surface area contributed by atoms with Gasteiger partial charge in [-0.05, 0) is 117 Å². The quantitative estimate of drug-likeness (QED) is 0.138. The molecule has 18 heteroatoms. The molecule has 0 bridgehead atoms. The van der Waals surface area contributed by atoms with Crippen molar-refractivity contribution in [2.24, 2.45) is 5.73 Å². The number of ether oxygens (including phenoxy) is 4. The molecule has 18 nitrogen and oxygen atoms in total. The van der Waals surface area contributed by atoms with E-state index < -0.39 is 5.91 Å². The summed E-state index contributed by atoms with van der Waals surface area (Å²) in [6, 6.07) is 19.2. The molecule has 0 radical (unpaired) electrons. The van der Waals surface area contributed by atoms with Gasteiger partial charge in [0.1, 0.15) is 23.7 Å². The molecule has 6 aromatic heterocycles. The Bertz CT molecular complexity index is 2660. The molecule has 0 aromatic carbocycles. The molecule has 0 saturated carbocycles. The molecule has 8 heterocycles. The molecule has 0 spiro atoms. The van der Waals surface area contributed by atoms with Gasteiger partial charge in [0.25, 0.3) is 11.8 Å². The second-order valence-corrected chi connectivity index (χ2v) is 17.9. The Kier molecular flexibility index (Phi) is 16.6. The van der Waals surface area contributed by atoms with Gasteiger partial charge in [0.15, 0.2) is 23.0 Å². The first-order valence-electron chi connectivity index (χ1n) is 24.1. The first-order valence-corrected chi connectivity index (χ1v) is 24.1. The van der Waals surface area contributed by atoms with Crippen molar-refractivity contribution in [3.8, 4) is 23.3 Å². The van der Waals surface area contributed by atoms with Crippen LogP contribution in [0.15, 0.2) is 85.5 Å². The summed E-state index contributed by atoms with van der Waals surface area (Å²) in [4.78, 5) is 45.5. The smallest absolute Gasteiger partial charge is 0.272 e. The number of fused-ring (bicyclic) bond motifs is 2. The zero-order valence-electron chi connectivity index (χ0n) is 40.4. The normalized spacial score (nSPS) is 16.7. The molecular weight excluding hydrogens is 889 g/mol. The van der Waals surface area contributed by atoms with Crippen LogP contribution in [0.1, 0.15) is 102 Å². The van der Waals surface area contributed by atoms with Crippen molar-refractivity contribution in [1.29, 1.82) is 0 Å². The van der Waals surface area contributed by atoms with E-state index in [0.29, 0.717) is 17.5 Å². The molecule has 10 rings (SSSR count). The Balaban J connectivity index is 0.000000199. The number of hydrogen-bond donors (Lipinski definition) is 2. The largest absolute Gasteiger partial charge is 0.489 e. The van der Waals surface area contributed by atoms with Gasteiger partial charge in [-0.25, -0.2) is 9.97 Å². The van der Waals surface area contributed by atoms with Gasteiger partial charge in [0, 0.05) is 96.7 Å². The van der Waals surface area contributed by atoms with E-state index in [2.05, 4.69) is 67.6 Å². The van der Waals surface area contributed by atoms with Crippen molar-refractivity contribution < 1.29 is 31.4 Å². The highest BCUT2D eigenvalue weighted by molar-refractivity contribution is 5.93. The van der Waals surface area contributed by atoms with E-state index in [4.69, 9.17) is 24.7 Å². The summed E-state index contributed by atoms with van der Waals surface area (Å²) >= 11 is 0. The number of nitrogens with zero attached hydrogens (tertiary/aromatic N) is 10. The highest BCUT2D eigenvalue weighted by Crippen LogP contribution is 2.27. The summed E-state index contributed by atoms with van der Waals surface area (Å²) in [6.45, 7) is 7.12. The van der Waals surface area contributed by atoms with Crippen molar-refractivity contribution in [2.45, 2.75) is 103 Å². The number of amides is 2. The van der Waals surface area contributed by atoms with Crippen LogP contribution in [0.2, 0.25) is 0 Å². The van der Waals surface area contributed by atoms with E-state index >= 15 is 0 Å². The van der Waals surface area contributed by atoms with Crippen LogP contribution in [0.5, 0.6) is 23.3 Å². The summed E-state index contributed by atoms with van der Waals surface area (Å²) in [5, 5.41) is 19.9. The van der Waals surface area contributed by atoms with Gasteiger partial charge in [0.2, 0.25) is 11.8 Å². The number of hydrogen-bond acceptors (Lipinski definition) is 16. The maximum absolute atomic E-state index is 12.8. The lowest BCUT2D eigenvalue weighted by atomic mass is 9.92. The number of aromatic nitrogens is 8. The van der Waals surface area contributed by atoms with Gasteiger partial charge in [-0.15, -0.1) is 20.4 Å². The number of aryl methyl sites for hydroxylation is 5. The van der Waals surface area contributed by atoms with Gasteiger partial charge >= 0.3 is 0 Å². The zero-order chi connectivity index (χ0) is 48.8. The van der Waals surface area contributed by atoms with E-state index in [9.17, 15) is 9.59 Å². The van der Waals surface area contributed by atoms with E-state index in [-0.39, 0.29) is 32.7 Å². The molecule has 2 saturated heterocycles. The van der Waals surface area contributed by atoms with Crippen LogP contribution in [0.25, 0.3) is 0 Å². The minimum Gasteiger partial charge on any atom is -0.489 e. The van der Waals surface area contributed by atoms with E-state index in [0.717, 1.165) is 111 Å². The number of nitrogens with two attached hydrogens (primary N) is 1. The number of nitrogens with one attached hydrogen (secondary N) is 1. The van der Waals surface area contributed by atoms with E-state index in [1.54, 1.807) is 44.8 Å².